The van der Waals surface area contributed by atoms with Crippen LogP contribution in [0.5, 0.6) is 0 Å². The summed E-state index contributed by atoms with van der Waals surface area (Å²) in [5, 5.41) is 16.5. The van der Waals surface area contributed by atoms with Gasteiger partial charge in [-0.2, -0.15) is 0 Å². The van der Waals surface area contributed by atoms with Crippen LogP contribution in [-0.4, -0.2) is 50.5 Å². The Hall–Kier alpha value is -2.44. The normalized spacial score (nSPS) is 17.4. The van der Waals surface area contributed by atoms with E-state index in [-0.39, 0.29) is 23.8 Å². The zero-order chi connectivity index (χ0) is 21.2. The summed E-state index contributed by atoms with van der Waals surface area (Å²) in [6.07, 6.45) is 1.62. The molecule has 0 aliphatic carbocycles. The summed E-state index contributed by atoms with van der Waals surface area (Å²) in [6.45, 7) is 5.23. The van der Waals surface area contributed by atoms with Gasteiger partial charge in [0, 0.05) is 37.6 Å². The van der Waals surface area contributed by atoms with Gasteiger partial charge in [-0.05, 0) is 43.0 Å². The third-order valence-corrected chi connectivity index (χ3v) is 5.78. The lowest BCUT2D eigenvalue weighted by molar-refractivity contribution is 0.0530. The molecule has 0 saturated carbocycles. The highest BCUT2D eigenvalue weighted by Gasteiger charge is 2.34. The molecule has 1 aliphatic rings. The maximum absolute atomic E-state index is 13.9. The van der Waals surface area contributed by atoms with E-state index in [9.17, 15) is 9.50 Å². The summed E-state index contributed by atoms with van der Waals surface area (Å²) in [5.74, 6) is 0.463. The molecule has 0 aromatic heterocycles. The van der Waals surface area contributed by atoms with Crippen LogP contribution >= 0.6 is 0 Å². The summed E-state index contributed by atoms with van der Waals surface area (Å²) in [7, 11) is 0. The summed E-state index contributed by atoms with van der Waals surface area (Å²) in [5.41, 5.74) is 1.82. The number of benzene rings is 2. The molecule has 2 aromatic carbocycles. The van der Waals surface area contributed by atoms with Gasteiger partial charge in [0.25, 0.3) is 0 Å². The molecular weight excluding hydrogens is 381 g/mol. The van der Waals surface area contributed by atoms with Gasteiger partial charge in [0.1, 0.15) is 5.82 Å². The minimum absolute atomic E-state index is 0.0182. The summed E-state index contributed by atoms with van der Waals surface area (Å²) >= 11 is 0. The first-order valence-corrected chi connectivity index (χ1v) is 10.7. The van der Waals surface area contributed by atoms with Crippen molar-refractivity contribution in [3.63, 3.8) is 0 Å². The second-order valence-corrected chi connectivity index (χ2v) is 7.77. The van der Waals surface area contributed by atoms with Gasteiger partial charge >= 0.3 is 0 Å². The van der Waals surface area contributed by atoms with Crippen LogP contribution in [0.4, 0.5) is 4.39 Å². The highest BCUT2D eigenvalue weighted by atomic mass is 19.1. The number of halogens is 1. The van der Waals surface area contributed by atoms with E-state index in [2.05, 4.69) is 10.6 Å². The molecule has 0 radical (unpaired) electrons. The lowest BCUT2D eigenvalue weighted by Gasteiger charge is -2.36. The second kappa shape index (κ2) is 11.1. The van der Waals surface area contributed by atoms with Gasteiger partial charge < -0.3 is 20.5 Å². The first-order valence-electron chi connectivity index (χ1n) is 10.7. The van der Waals surface area contributed by atoms with Crippen molar-refractivity contribution in [3.8, 4) is 0 Å². The number of aliphatic imine (C=N–C) groups is 1. The van der Waals surface area contributed by atoms with Gasteiger partial charge in [-0.1, -0.05) is 42.5 Å². The van der Waals surface area contributed by atoms with Crippen LogP contribution in [0.2, 0.25) is 0 Å². The van der Waals surface area contributed by atoms with Crippen LogP contribution in [0.15, 0.2) is 59.6 Å². The van der Waals surface area contributed by atoms with E-state index >= 15 is 0 Å². The molecule has 0 amide bonds. The Labute approximate surface area is 178 Å². The number of aliphatic hydroxyl groups is 1. The number of aliphatic hydroxyl groups excluding tert-OH is 1. The summed E-state index contributed by atoms with van der Waals surface area (Å²) in [6, 6.07) is 16.8. The predicted octanol–water partition coefficient (Wildman–Crippen LogP) is 3.21. The van der Waals surface area contributed by atoms with Gasteiger partial charge in [-0.15, -0.1) is 0 Å². The highest BCUT2D eigenvalue weighted by Crippen LogP contribution is 2.35. The Morgan fingerprint density at radius 1 is 1.13 bits per heavy atom. The standard InChI is InChI=1S/C24H32FN3O2/c1-2-26-23(27-16-20(17-29)19-7-4-3-5-8-19)28-18-24(11-13-30-14-12-24)21-9-6-10-22(25)15-21/h3-10,15,20,29H,2,11-14,16-18H2,1H3,(H2,26,27,28). The van der Waals surface area contributed by atoms with E-state index in [0.717, 1.165) is 30.5 Å². The van der Waals surface area contributed by atoms with Gasteiger partial charge in [-0.25, -0.2) is 4.39 Å². The Balaban J connectivity index is 1.74. The lowest BCUT2D eigenvalue weighted by Crippen LogP contribution is -2.42. The molecule has 1 aliphatic heterocycles. The van der Waals surface area contributed by atoms with E-state index in [4.69, 9.17) is 9.73 Å². The zero-order valence-electron chi connectivity index (χ0n) is 17.6. The number of nitrogens with one attached hydrogen (secondary N) is 2. The van der Waals surface area contributed by atoms with Crippen LogP contribution in [0.1, 0.15) is 36.8 Å². The van der Waals surface area contributed by atoms with Crippen LogP contribution in [0, 0.1) is 5.82 Å². The maximum atomic E-state index is 13.9. The van der Waals surface area contributed by atoms with E-state index in [1.807, 2.05) is 43.3 Å². The minimum atomic E-state index is -0.238. The molecule has 1 atom stereocenters. The van der Waals surface area contributed by atoms with E-state index in [1.54, 1.807) is 12.1 Å². The first-order chi connectivity index (χ1) is 14.7. The first kappa shape index (κ1) is 22.2. The van der Waals surface area contributed by atoms with Crippen molar-refractivity contribution in [1.82, 2.24) is 10.6 Å². The molecule has 1 unspecified atom stereocenters. The number of ether oxygens (including phenoxy) is 1. The molecule has 2 aromatic rings. The number of hydrogen-bond donors (Lipinski definition) is 3. The third kappa shape index (κ3) is 5.80. The molecule has 5 nitrogen and oxygen atoms in total. The van der Waals surface area contributed by atoms with Crippen LogP contribution in [-0.2, 0) is 10.2 Å². The molecule has 3 rings (SSSR count). The van der Waals surface area contributed by atoms with Crippen molar-refractivity contribution in [2.45, 2.75) is 31.1 Å². The lowest BCUT2D eigenvalue weighted by atomic mass is 9.74. The zero-order valence-corrected chi connectivity index (χ0v) is 17.6. The van der Waals surface area contributed by atoms with Crippen molar-refractivity contribution in [1.29, 1.82) is 0 Å². The quantitative estimate of drug-likeness (QED) is 0.459. The molecule has 3 N–H and O–H groups in total. The Bertz CT molecular complexity index is 807. The van der Waals surface area contributed by atoms with Crippen molar-refractivity contribution >= 4 is 5.96 Å². The van der Waals surface area contributed by atoms with E-state index < -0.39 is 0 Å². The molecule has 0 spiro atoms. The van der Waals surface area contributed by atoms with Crippen LogP contribution in [0.3, 0.4) is 0 Å². The Morgan fingerprint density at radius 2 is 1.90 bits per heavy atom. The van der Waals surface area contributed by atoms with Crippen LogP contribution in [0.25, 0.3) is 0 Å². The van der Waals surface area contributed by atoms with E-state index in [0.29, 0.717) is 32.3 Å². The number of rotatable bonds is 8. The third-order valence-electron chi connectivity index (χ3n) is 5.78. The molecule has 162 valence electrons. The number of hydrogen-bond acceptors (Lipinski definition) is 3. The fourth-order valence-electron chi connectivity index (χ4n) is 3.92. The molecule has 6 heteroatoms. The Morgan fingerprint density at radius 3 is 2.57 bits per heavy atom. The monoisotopic (exact) mass is 413 g/mol. The fraction of sp³-hybridized carbons (Fsp3) is 0.458. The molecule has 30 heavy (non-hydrogen) atoms. The average Bonchev–Trinajstić information content (AvgIpc) is 2.79. The van der Waals surface area contributed by atoms with Crippen molar-refractivity contribution < 1.29 is 14.2 Å². The number of guanidine groups is 1. The van der Waals surface area contributed by atoms with Gasteiger partial charge in [0.15, 0.2) is 5.96 Å². The highest BCUT2D eigenvalue weighted by molar-refractivity contribution is 5.79. The molecule has 1 heterocycles. The molecule has 1 saturated heterocycles. The van der Waals surface area contributed by atoms with Gasteiger partial charge in [-0.3, -0.25) is 4.99 Å². The number of nitrogens with zero attached hydrogens (tertiary/aromatic N) is 1. The second-order valence-electron chi connectivity index (χ2n) is 7.77. The summed E-state index contributed by atoms with van der Waals surface area (Å²) < 4.78 is 19.5. The van der Waals surface area contributed by atoms with Gasteiger partial charge in [0.2, 0.25) is 0 Å². The summed E-state index contributed by atoms with van der Waals surface area (Å²) in [4.78, 5) is 4.85. The SMILES string of the molecule is CCNC(=NCC1(c2cccc(F)c2)CCOCC1)NCC(CO)c1ccccc1. The predicted molar refractivity (Wildman–Crippen MR) is 118 cm³/mol. The largest absolute Gasteiger partial charge is 0.396 e. The maximum Gasteiger partial charge on any atom is 0.191 e. The van der Waals surface area contributed by atoms with Crippen LogP contribution < -0.4 is 10.6 Å². The smallest absolute Gasteiger partial charge is 0.191 e. The Kier molecular flexibility index (Phi) is 8.22. The van der Waals surface area contributed by atoms with Crippen molar-refractivity contribution in [2.75, 3.05) is 39.5 Å². The van der Waals surface area contributed by atoms with E-state index in [1.165, 1.54) is 6.07 Å². The minimum Gasteiger partial charge on any atom is -0.396 e. The molecule has 1 fully saturated rings. The van der Waals surface area contributed by atoms with Crippen molar-refractivity contribution in [2.24, 2.45) is 4.99 Å². The van der Waals surface area contributed by atoms with Crippen molar-refractivity contribution in [3.05, 3.63) is 71.5 Å². The fourth-order valence-corrected chi connectivity index (χ4v) is 3.92. The average molecular weight is 414 g/mol. The molecule has 0 bridgehead atoms. The van der Waals surface area contributed by atoms with Gasteiger partial charge in [0.05, 0.1) is 13.2 Å². The molecular formula is C24H32FN3O2. The topological polar surface area (TPSA) is 65.9 Å².